The molecule has 0 bridgehead atoms. The van der Waals surface area contributed by atoms with E-state index in [1.165, 1.54) is 82.6 Å². The number of hydrogen-bond donors (Lipinski definition) is 0. The summed E-state index contributed by atoms with van der Waals surface area (Å²) in [6.07, 6.45) is 17.1. The van der Waals surface area contributed by atoms with Crippen LogP contribution >= 0.6 is 0 Å². The Kier molecular flexibility index (Phi) is 4.96. The van der Waals surface area contributed by atoms with E-state index < -0.39 is 0 Å². The average Bonchev–Trinajstić information content (AvgIpc) is 2.95. The summed E-state index contributed by atoms with van der Waals surface area (Å²) in [5, 5.41) is 0. The Morgan fingerprint density at radius 3 is 2.48 bits per heavy atom. The van der Waals surface area contributed by atoms with Gasteiger partial charge in [-0.05, 0) is 111 Å². The number of hydrogen-bond acceptors (Lipinski definition) is 0. The van der Waals surface area contributed by atoms with Crippen LogP contribution < -0.4 is 0 Å². The standard InChI is InChI=1S/C27H44/c1-19(2)10-9-11-21-12-13-23-22-14-17-25(4)15-7-8-16-26(25,5)24(22)18-20(3)27(21,23)6/h21-24H,1,3,7-18H2,2,4-6H3/t21-,22-,23-,24-,25?,26+,27+/m0/s1. The minimum absolute atomic E-state index is 0.426. The fourth-order valence-corrected chi connectivity index (χ4v) is 8.73. The van der Waals surface area contributed by atoms with Gasteiger partial charge in [-0.1, -0.05) is 51.3 Å². The molecule has 4 aliphatic carbocycles. The molecule has 0 heteroatoms. The highest BCUT2D eigenvalue weighted by Crippen LogP contribution is 2.71. The Balaban J connectivity index is 1.58. The highest BCUT2D eigenvalue weighted by atomic mass is 14.7. The molecule has 0 nitrogen and oxygen atoms in total. The highest BCUT2D eigenvalue weighted by molar-refractivity contribution is 5.25. The lowest BCUT2D eigenvalue weighted by Gasteiger charge is -2.65. The summed E-state index contributed by atoms with van der Waals surface area (Å²) in [5.41, 5.74) is 4.59. The van der Waals surface area contributed by atoms with Gasteiger partial charge in [0, 0.05) is 0 Å². The Bertz CT molecular complexity index is 614. The van der Waals surface area contributed by atoms with Crippen molar-refractivity contribution in [2.24, 2.45) is 39.9 Å². The maximum absolute atomic E-state index is 4.79. The number of fused-ring (bicyclic) bond motifs is 5. The molecule has 4 saturated carbocycles. The third-order valence-electron chi connectivity index (χ3n) is 10.8. The van der Waals surface area contributed by atoms with Crippen LogP contribution in [0.25, 0.3) is 0 Å². The van der Waals surface area contributed by atoms with Gasteiger partial charge in [0.15, 0.2) is 0 Å². The van der Waals surface area contributed by atoms with Crippen molar-refractivity contribution in [3.05, 3.63) is 24.3 Å². The zero-order valence-electron chi connectivity index (χ0n) is 18.7. The van der Waals surface area contributed by atoms with Gasteiger partial charge in [0.25, 0.3) is 0 Å². The average molecular weight is 369 g/mol. The molecule has 27 heavy (non-hydrogen) atoms. The molecular weight excluding hydrogens is 324 g/mol. The Hall–Kier alpha value is -0.520. The molecule has 7 atom stereocenters. The molecule has 4 rings (SSSR count). The van der Waals surface area contributed by atoms with Crippen LogP contribution in [0.5, 0.6) is 0 Å². The molecule has 0 N–H and O–H groups in total. The normalized spacial score (nSPS) is 49.3. The maximum atomic E-state index is 4.79. The van der Waals surface area contributed by atoms with Crippen LogP contribution in [0.1, 0.15) is 105 Å². The van der Waals surface area contributed by atoms with Gasteiger partial charge >= 0.3 is 0 Å². The SMILES string of the molecule is C=C(C)CCC[C@H]1CC[C@H]2[C@@H]3CCC4(C)CCCC[C@]4(C)[C@H]3CC(=C)[C@]12C. The van der Waals surface area contributed by atoms with Crippen LogP contribution in [0.15, 0.2) is 24.3 Å². The summed E-state index contributed by atoms with van der Waals surface area (Å²) >= 11 is 0. The van der Waals surface area contributed by atoms with Crippen LogP contribution in [0.2, 0.25) is 0 Å². The lowest BCUT2D eigenvalue weighted by Crippen LogP contribution is -2.57. The van der Waals surface area contributed by atoms with E-state index in [1.807, 2.05) is 0 Å². The van der Waals surface area contributed by atoms with E-state index in [9.17, 15) is 0 Å². The molecular formula is C27H44. The predicted molar refractivity (Wildman–Crippen MR) is 118 cm³/mol. The first kappa shape index (κ1) is 19.8. The fraction of sp³-hybridized carbons (Fsp3) is 0.852. The quantitative estimate of drug-likeness (QED) is 0.437. The van der Waals surface area contributed by atoms with Crippen molar-refractivity contribution in [2.75, 3.05) is 0 Å². The van der Waals surface area contributed by atoms with Gasteiger partial charge < -0.3 is 0 Å². The van der Waals surface area contributed by atoms with Crippen molar-refractivity contribution >= 4 is 0 Å². The molecule has 0 aromatic carbocycles. The zero-order chi connectivity index (χ0) is 19.4. The molecule has 1 unspecified atom stereocenters. The van der Waals surface area contributed by atoms with Crippen molar-refractivity contribution in [1.29, 1.82) is 0 Å². The van der Waals surface area contributed by atoms with Gasteiger partial charge in [0.05, 0.1) is 0 Å². The van der Waals surface area contributed by atoms with Crippen molar-refractivity contribution in [3.63, 3.8) is 0 Å². The van der Waals surface area contributed by atoms with E-state index in [0.29, 0.717) is 16.2 Å². The molecule has 0 saturated heterocycles. The minimum atomic E-state index is 0.426. The maximum Gasteiger partial charge on any atom is -0.00597 e. The fourth-order valence-electron chi connectivity index (χ4n) is 8.73. The molecule has 0 aromatic rings. The largest absolute Gasteiger partial charge is 0.100 e. The van der Waals surface area contributed by atoms with Gasteiger partial charge in [-0.3, -0.25) is 0 Å². The lowest BCUT2D eigenvalue weighted by molar-refractivity contribution is -0.137. The summed E-state index contributed by atoms with van der Waals surface area (Å²) in [6.45, 7) is 19.1. The topological polar surface area (TPSA) is 0 Å². The van der Waals surface area contributed by atoms with Crippen LogP contribution in [0.4, 0.5) is 0 Å². The van der Waals surface area contributed by atoms with Crippen LogP contribution in [0, 0.1) is 39.9 Å². The molecule has 0 aliphatic heterocycles. The molecule has 0 spiro atoms. The van der Waals surface area contributed by atoms with Gasteiger partial charge in [-0.15, -0.1) is 6.58 Å². The van der Waals surface area contributed by atoms with Crippen LogP contribution in [-0.4, -0.2) is 0 Å². The van der Waals surface area contributed by atoms with Gasteiger partial charge in [-0.2, -0.15) is 0 Å². The van der Waals surface area contributed by atoms with Crippen molar-refractivity contribution in [3.8, 4) is 0 Å². The summed E-state index contributed by atoms with van der Waals surface area (Å²) in [4.78, 5) is 0. The van der Waals surface area contributed by atoms with E-state index >= 15 is 0 Å². The second-order valence-electron chi connectivity index (χ2n) is 11.8. The van der Waals surface area contributed by atoms with Crippen molar-refractivity contribution in [2.45, 2.75) is 105 Å². The molecule has 0 heterocycles. The van der Waals surface area contributed by atoms with Gasteiger partial charge in [0.1, 0.15) is 0 Å². The van der Waals surface area contributed by atoms with E-state index in [0.717, 1.165) is 23.7 Å². The highest BCUT2D eigenvalue weighted by Gasteiger charge is 2.63. The predicted octanol–water partition coefficient (Wildman–Crippen LogP) is 8.34. The van der Waals surface area contributed by atoms with Crippen LogP contribution in [0.3, 0.4) is 0 Å². The summed E-state index contributed by atoms with van der Waals surface area (Å²) in [5.74, 6) is 3.68. The molecule has 152 valence electrons. The molecule has 0 amide bonds. The smallest absolute Gasteiger partial charge is 0.00597 e. The molecule has 4 fully saturated rings. The van der Waals surface area contributed by atoms with E-state index in [4.69, 9.17) is 6.58 Å². The second kappa shape index (κ2) is 6.77. The van der Waals surface area contributed by atoms with E-state index in [-0.39, 0.29) is 0 Å². The molecule has 0 radical (unpaired) electrons. The first-order valence-corrected chi connectivity index (χ1v) is 12.0. The summed E-state index contributed by atoms with van der Waals surface area (Å²) < 4.78 is 0. The Morgan fingerprint density at radius 2 is 1.74 bits per heavy atom. The molecule has 0 aromatic heterocycles. The van der Waals surface area contributed by atoms with Crippen LogP contribution in [-0.2, 0) is 0 Å². The first-order valence-electron chi connectivity index (χ1n) is 12.0. The zero-order valence-corrected chi connectivity index (χ0v) is 18.7. The lowest BCUT2D eigenvalue weighted by atomic mass is 9.40. The van der Waals surface area contributed by atoms with Crippen molar-refractivity contribution in [1.82, 2.24) is 0 Å². The Morgan fingerprint density at radius 1 is 1.00 bits per heavy atom. The number of allylic oxidation sites excluding steroid dienone is 2. The third-order valence-corrected chi connectivity index (χ3v) is 10.8. The monoisotopic (exact) mass is 368 g/mol. The number of rotatable bonds is 4. The molecule has 4 aliphatic rings. The third kappa shape index (κ3) is 2.83. The first-order chi connectivity index (χ1) is 12.7. The van der Waals surface area contributed by atoms with E-state index in [1.54, 1.807) is 5.57 Å². The van der Waals surface area contributed by atoms with Gasteiger partial charge in [0.2, 0.25) is 0 Å². The van der Waals surface area contributed by atoms with Gasteiger partial charge in [-0.25, -0.2) is 0 Å². The minimum Gasteiger partial charge on any atom is -0.100 e. The van der Waals surface area contributed by atoms with E-state index in [2.05, 4.69) is 34.3 Å². The summed E-state index contributed by atoms with van der Waals surface area (Å²) in [7, 11) is 0. The Labute approximate surface area is 169 Å². The van der Waals surface area contributed by atoms with Crippen molar-refractivity contribution < 1.29 is 0 Å². The second-order valence-corrected chi connectivity index (χ2v) is 11.8. The summed E-state index contributed by atoms with van der Waals surface area (Å²) in [6, 6.07) is 0.